The molecule has 1 N–H and O–H groups in total. The summed E-state index contributed by atoms with van der Waals surface area (Å²) in [5, 5.41) is 11.0. The van der Waals surface area contributed by atoms with Gasteiger partial charge in [0.2, 0.25) is 11.8 Å². The fourth-order valence-corrected chi connectivity index (χ4v) is 3.35. The zero-order valence-electron chi connectivity index (χ0n) is 16.4. The lowest BCUT2D eigenvalue weighted by Crippen LogP contribution is -2.32. The number of aromatic nitrogens is 4. The molecular weight excluding hydrogens is 368 g/mol. The van der Waals surface area contributed by atoms with Gasteiger partial charge in [-0.25, -0.2) is 4.68 Å². The first-order valence-corrected chi connectivity index (χ1v) is 9.48. The Morgan fingerprint density at radius 1 is 1.14 bits per heavy atom. The first kappa shape index (κ1) is 18.8. The van der Waals surface area contributed by atoms with Gasteiger partial charge in [-0.2, -0.15) is 0 Å². The molecule has 1 aliphatic rings. The molecule has 3 aromatic rings. The molecule has 0 spiro atoms. The number of pyridine rings is 1. The van der Waals surface area contributed by atoms with Crippen LogP contribution in [-0.2, 0) is 16.1 Å². The first-order chi connectivity index (χ1) is 14.0. The van der Waals surface area contributed by atoms with Gasteiger partial charge in [-0.1, -0.05) is 11.3 Å². The van der Waals surface area contributed by atoms with E-state index >= 15 is 0 Å². The van der Waals surface area contributed by atoms with Crippen molar-refractivity contribution in [2.45, 2.75) is 26.8 Å². The quantitative estimate of drug-likeness (QED) is 0.719. The van der Waals surface area contributed by atoms with Gasteiger partial charge in [0.15, 0.2) is 0 Å². The van der Waals surface area contributed by atoms with Gasteiger partial charge < -0.3 is 10.2 Å². The second-order valence-electron chi connectivity index (χ2n) is 7.25. The Morgan fingerprint density at radius 3 is 2.69 bits per heavy atom. The van der Waals surface area contributed by atoms with E-state index < -0.39 is 0 Å². The fraction of sp³-hybridized carbons (Fsp3) is 0.286. The Hall–Kier alpha value is -3.55. The van der Waals surface area contributed by atoms with Crippen molar-refractivity contribution < 1.29 is 9.59 Å². The molecule has 3 heterocycles. The van der Waals surface area contributed by atoms with Gasteiger partial charge in [0.25, 0.3) is 0 Å². The number of amides is 2. The molecule has 0 unspecified atom stereocenters. The van der Waals surface area contributed by atoms with Crippen LogP contribution in [0, 0.1) is 19.8 Å². The van der Waals surface area contributed by atoms with Crippen molar-refractivity contribution in [3.05, 3.63) is 65.7 Å². The number of benzene rings is 1. The minimum atomic E-state index is -0.376. The van der Waals surface area contributed by atoms with E-state index in [1.165, 1.54) is 5.56 Å². The van der Waals surface area contributed by atoms with Gasteiger partial charge in [-0.05, 0) is 49.2 Å². The molecule has 2 amide bonds. The summed E-state index contributed by atoms with van der Waals surface area (Å²) in [6, 6.07) is 9.56. The van der Waals surface area contributed by atoms with Crippen molar-refractivity contribution in [3.8, 4) is 5.69 Å². The van der Waals surface area contributed by atoms with E-state index in [4.69, 9.17) is 0 Å². The topological polar surface area (TPSA) is 93.0 Å². The number of carbonyl (C=O) groups excluding carboxylic acids is 2. The summed E-state index contributed by atoms with van der Waals surface area (Å²) in [6.07, 6.45) is 5.33. The van der Waals surface area contributed by atoms with Crippen LogP contribution in [0.1, 0.15) is 23.2 Å². The Balaban J connectivity index is 1.36. The van der Waals surface area contributed by atoms with Crippen molar-refractivity contribution in [2.75, 3.05) is 11.4 Å². The molecule has 29 heavy (non-hydrogen) atoms. The van der Waals surface area contributed by atoms with E-state index in [2.05, 4.69) is 20.6 Å². The molecule has 0 saturated carbocycles. The second kappa shape index (κ2) is 7.83. The normalized spacial score (nSPS) is 16.3. The predicted molar refractivity (Wildman–Crippen MR) is 107 cm³/mol. The van der Waals surface area contributed by atoms with Crippen LogP contribution < -0.4 is 10.2 Å². The van der Waals surface area contributed by atoms with Crippen LogP contribution in [0.15, 0.2) is 48.9 Å². The van der Waals surface area contributed by atoms with Crippen molar-refractivity contribution in [2.24, 2.45) is 5.92 Å². The third-order valence-corrected chi connectivity index (χ3v) is 5.21. The second-order valence-corrected chi connectivity index (χ2v) is 7.25. The van der Waals surface area contributed by atoms with Crippen molar-refractivity contribution in [3.63, 3.8) is 0 Å². The Kier molecular flexibility index (Phi) is 5.07. The van der Waals surface area contributed by atoms with Crippen LogP contribution in [0.25, 0.3) is 5.69 Å². The van der Waals surface area contributed by atoms with Crippen LogP contribution >= 0.6 is 0 Å². The van der Waals surface area contributed by atoms with Crippen molar-refractivity contribution in [1.29, 1.82) is 0 Å². The number of aryl methyl sites for hydroxylation is 2. The van der Waals surface area contributed by atoms with Crippen LogP contribution in [0.5, 0.6) is 0 Å². The Bertz CT molecular complexity index is 1050. The molecular formula is C21H22N6O2. The van der Waals surface area contributed by atoms with Gasteiger partial charge >= 0.3 is 0 Å². The Labute approximate surface area is 168 Å². The summed E-state index contributed by atoms with van der Waals surface area (Å²) in [5.41, 5.74) is 4.63. The minimum absolute atomic E-state index is 0.0305. The number of hydrogen-bond acceptors (Lipinski definition) is 5. The standard InChI is InChI=1S/C21H22N6O2/c1-14-3-4-19(9-15(14)2)26-12-16(10-20(26)28)21(29)23-11-17-13-27(25-24-17)18-5-7-22-8-6-18/h3-9,13,16H,10-12H2,1-2H3,(H,23,29)/t16-/m0/s1. The molecule has 1 saturated heterocycles. The molecule has 8 nitrogen and oxygen atoms in total. The van der Waals surface area contributed by atoms with Gasteiger partial charge in [0.05, 0.1) is 24.3 Å². The number of nitrogens with one attached hydrogen (secondary N) is 1. The fourth-order valence-electron chi connectivity index (χ4n) is 3.35. The van der Waals surface area contributed by atoms with E-state index in [9.17, 15) is 9.59 Å². The summed E-state index contributed by atoms with van der Waals surface area (Å²) in [5.74, 6) is -0.556. The number of hydrogen-bond donors (Lipinski definition) is 1. The highest BCUT2D eigenvalue weighted by Crippen LogP contribution is 2.27. The minimum Gasteiger partial charge on any atom is -0.350 e. The van der Waals surface area contributed by atoms with E-state index in [-0.39, 0.29) is 30.7 Å². The summed E-state index contributed by atoms with van der Waals surface area (Å²) >= 11 is 0. The third-order valence-electron chi connectivity index (χ3n) is 5.21. The maximum atomic E-state index is 12.6. The summed E-state index contributed by atoms with van der Waals surface area (Å²) in [7, 11) is 0. The van der Waals surface area contributed by atoms with Crippen LogP contribution in [0.3, 0.4) is 0 Å². The molecule has 148 valence electrons. The number of rotatable bonds is 5. The highest BCUT2D eigenvalue weighted by molar-refractivity contribution is 6.00. The average molecular weight is 390 g/mol. The predicted octanol–water partition coefficient (Wildman–Crippen LogP) is 1.95. The van der Waals surface area contributed by atoms with Crippen molar-refractivity contribution in [1.82, 2.24) is 25.3 Å². The smallest absolute Gasteiger partial charge is 0.227 e. The number of nitrogens with zero attached hydrogens (tertiary/aromatic N) is 5. The molecule has 8 heteroatoms. The SMILES string of the molecule is Cc1ccc(N2C[C@@H](C(=O)NCc3cn(-c4ccncc4)nn3)CC2=O)cc1C. The highest BCUT2D eigenvalue weighted by atomic mass is 16.2. The van der Waals surface area contributed by atoms with Crippen LogP contribution in [0.2, 0.25) is 0 Å². The lowest BCUT2D eigenvalue weighted by molar-refractivity contribution is -0.126. The summed E-state index contributed by atoms with van der Waals surface area (Å²) in [6.45, 7) is 4.70. The van der Waals surface area contributed by atoms with Crippen molar-refractivity contribution >= 4 is 17.5 Å². The van der Waals surface area contributed by atoms with Gasteiger partial charge in [-0.3, -0.25) is 14.6 Å². The zero-order valence-corrected chi connectivity index (χ0v) is 16.4. The number of anilines is 1. The average Bonchev–Trinajstić information content (AvgIpc) is 3.36. The van der Waals surface area contributed by atoms with E-state index in [1.54, 1.807) is 28.2 Å². The van der Waals surface area contributed by atoms with Crippen LogP contribution in [-0.4, -0.2) is 38.3 Å². The van der Waals surface area contributed by atoms with E-state index in [0.29, 0.717) is 12.2 Å². The number of carbonyl (C=O) groups is 2. The monoisotopic (exact) mass is 390 g/mol. The highest BCUT2D eigenvalue weighted by Gasteiger charge is 2.35. The summed E-state index contributed by atoms with van der Waals surface area (Å²) in [4.78, 5) is 30.7. The molecule has 4 rings (SSSR count). The lowest BCUT2D eigenvalue weighted by Gasteiger charge is -2.18. The third kappa shape index (κ3) is 4.01. The van der Waals surface area contributed by atoms with Gasteiger partial charge in [0, 0.05) is 31.0 Å². The van der Waals surface area contributed by atoms with Crippen LogP contribution in [0.4, 0.5) is 5.69 Å². The maximum Gasteiger partial charge on any atom is 0.227 e. The van der Waals surface area contributed by atoms with E-state index in [1.807, 2.05) is 44.2 Å². The molecule has 2 aromatic heterocycles. The zero-order chi connectivity index (χ0) is 20.4. The first-order valence-electron chi connectivity index (χ1n) is 9.48. The maximum absolute atomic E-state index is 12.6. The van der Waals surface area contributed by atoms with Gasteiger partial charge in [-0.15, -0.1) is 5.10 Å². The Morgan fingerprint density at radius 2 is 1.93 bits per heavy atom. The van der Waals surface area contributed by atoms with E-state index in [0.717, 1.165) is 16.9 Å². The largest absolute Gasteiger partial charge is 0.350 e. The summed E-state index contributed by atoms with van der Waals surface area (Å²) < 4.78 is 1.63. The molecule has 1 atom stereocenters. The molecule has 0 bridgehead atoms. The molecule has 0 radical (unpaired) electrons. The molecule has 1 aliphatic heterocycles. The molecule has 0 aliphatic carbocycles. The lowest BCUT2D eigenvalue weighted by atomic mass is 10.1. The molecule has 1 aromatic carbocycles. The molecule has 1 fully saturated rings. The van der Waals surface area contributed by atoms with Gasteiger partial charge in [0.1, 0.15) is 5.69 Å².